The lowest BCUT2D eigenvalue weighted by Gasteiger charge is -2.07. The normalized spacial score (nSPS) is 10.0. The number of benzene rings is 2. The maximum atomic E-state index is 5.26. The van der Waals surface area contributed by atoms with Crippen molar-refractivity contribution in [1.29, 1.82) is 0 Å². The Morgan fingerprint density at radius 1 is 0.556 bits per heavy atom. The highest BCUT2D eigenvalue weighted by Crippen LogP contribution is 2.09. The van der Waals surface area contributed by atoms with Crippen molar-refractivity contribution in [1.82, 2.24) is 0 Å². The standard InChI is InChI=1S/C14H14O4/c1-3-7-13(8-4-1)15-11-17-18-12-16-14-9-5-2-6-10-14/h1-10H,11-12H2. The van der Waals surface area contributed by atoms with Crippen LogP contribution in [0, 0.1) is 0 Å². The summed E-state index contributed by atoms with van der Waals surface area (Å²) in [6.45, 7) is 0.0321. The summed E-state index contributed by atoms with van der Waals surface area (Å²) in [5, 5.41) is 0. The molecule has 2 aromatic rings. The van der Waals surface area contributed by atoms with Crippen LogP contribution in [0.4, 0.5) is 0 Å². The third-order valence-corrected chi connectivity index (χ3v) is 2.12. The minimum Gasteiger partial charge on any atom is -0.465 e. The van der Waals surface area contributed by atoms with E-state index >= 15 is 0 Å². The predicted octanol–water partition coefficient (Wildman–Crippen LogP) is 3.01. The number of ether oxygens (including phenoxy) is 2. The summed E-state index contributed by atoms with van der Waals surface area (Å²) in [5.74, 6) is 1.45. The van der Waals surface area contributed by atoms with E-state index in [4.69, 9.17) is 19.2 Å². The smallest absolute Gasteiger partial charge is 0.221 e. The van der Waals surface area contributed by atoms with Gasteiger partial charge in [0.2, 0.25) is 13.6 Å². The van der Waals surface area contributed by atoms with Gasteiger partial charge in [0.15, 0.2) is 0 Å². The van der Waals surface area contributed by atoms with Gasteiger partial charge in [-0.25, -0.2) is 0 Å². The molecule has 0 aliphatic rings. The molecule has 0 fully saturated rings. The Morgan fingerprint density at radius 2 is 0.944 bits per heavy atom. The Hall–Kier alpha value is -2.04. The van der Waals surface area contributed by atoms with Crippen molar-refractivity contribution in [2.75, 3.05) is 13.6 Å². The van der Waals surface area contributed by atoms with E-state index < -0.39 is 0 Å². The molecule has 0 spiro atoms. The van der Waals surface area contributed by atoms with Gasteiger partial charge in [-0.2, -0.15) is 9.78 Å². The highest BCUT2D eigenvalue weighted by molar-refractivity contribution is 5.21. The van der Waals surface area contributed by atoms with E-state index in [1.54, 1.807) is 0 Å². The van der Waals surface area contributed by atoms with Crippen LogP contribution in [0.15, 0.2) is 60.7 Å². The second-order valence-corrected chi connectivity index (χ2v) is 3.39. The third-order valence-electron chi connectivity index (χ3n) is 2.12. The van der Waals surface area contributed by atoms with Gasteiger partial charge >= 0.3 is 0 Å². The number of para-hydroxylation sites is 2. The molecule has 94 valence electrons. The van der Waals surface area contributed by atoms with Crippen LogP contribution in [0.3, 0.4) is 0 Å². The molecule has 0 bridgehead atoms. The van der Waals surface area contributed by atoms with E-state index in [-0.39, 0.29) is 13.6 Å². The van der Waals surface area contributed by atoms with Gasteiger partial charge in [-0.1, -0.05) is 36.4 Å². The average Bonchev–Trinajstić information content (AvgIpc) is 2.45. The summed E-state index contributed by atoms with van der Waals surface area (Å²) in [6.07, 6.45) is 0. The van der Waals surface area contributed by atoms with Gasteiger partial charge in [0.1, 0.15) is 11.5 Å². The highest BCUT2D eigenvalue weighted by atomic mass is 17.2. The largest absolute Gasteiger partial charge is 0.465 e. The molecule has 2 aromatic carbocycles. The van der Waals surface area contributed by atoms with E-state index in [1.165, 1.54) is 0 Å². The van der Waals surface area contributed by atoms with Crippen molar-refractivity contribution in [2.24, 2.45) is 0 Å². The van der Waals surface area contributed by atoms with Gasteiger partial charge in [0.25, 0.3) is 0 Å². The van der Waals surface area contributed by atoms with Crippen LogP contribution in [0.1, 0.15) is 0 Å². The van der Waals surface area contributed by atoms with Crippen LogP contribution >= 0.6 is 0 Å². The molecule has 0 N–H and O–H groups in total. The van der Waals surface area contributed by atoms with Gasteiger partial charge in [-0.15, -0.1) is 0 Å². The van der Waals surface area contributed by atoms with Crippen molar-refractivity contribution >= 4 is 0 Å². The minimum atomic E-state index is 0.0160. The first-order valence-corrected chi connectivity index (χ1v) is 5.55. The van der Waals surface area contributed by atoms with Crippen molar-refractivity contribution < 1.29 is 19.2 Å². The van der Waals surface area contributed by atoms with Crippen LogP contribution in [0.25, 0.3) is 0 Å². The van der Waals surface area contributed by atoms with Crippen molar-refractivity contribution in [3.05, 3.63) is 60.7 Å². The summed E-state index contributed by atoms with van der Waals surface area (Å²) in [6, 6.07) is 18.7. The maximum Gasteiger partial charge on any atom is 0.221 e. The number of hydrogen-bond donors (Lipinski definition) is 0. The van der Waals surface area contributed by atoms with Crippen LogP contribution in [-0.4, -0.2) is 13.6 Å². The Balaban J connectivity index is 1.54. The molecular formula is C14H14O4. The van der Waals surface area contributed by atoms with Gasteiger partial charge in [-0.05, 0) is 24.3 Å². The summed E-state index contributed by atoms with van der Waals surface area (Å²) >= 11 is 0. The number of rotatable bonds is 7. The Morgan fingerprint density at radius 3 is 1.33 bits per heavy atom. The zero-order chi connectivity index (χ0) is 12.5. The fraction of sp³-hybridized carbons (Fsp3) is 0.143. The lowest BCUT2D eigenvalue weighted by Crippen LogP contribution is -2.08. The highest BCUT2D eigenvalue weighted by Gasteiger charge is 1.94. The Bertz CT molecular complexity index is 387. The van der Waals surface area contributed by atoms with E-state index in [1.807, 2.05) is 60.7 Å². The predicted molar refractivity (Wildman–Crippen MR) is 66.0 cm³/mol. The van der Waals surface area contributed by atoms with E-state index in [2.05, 4.69) is 0 Å². The van der Waals surface area contributed by atoms with Gasteiger partial charge in [-0.3, -0.25) is 0 Å². The maximum absolute atomic E-state index is 5.26. The topological polar surface area (TPSA) is 36.9 Å². The molecule has 0 saturated heterocycles. The molecule has 2 rings (SSSR count). The second kappa shape index (κ2) is 7.32. The lowest BCUT2D eigenvalue weighted by molar-refractivity contribution is -0.347. The zero-order valence-electron chi connectivity index (χ0n) is 9.82. The van der Waals surface area contributed by atoms with E-state index in [0.29, 0.717) is 0 Å². The SMILES string of the molecule is c1ccc(OCOOCOc2ccccc2)cc1. The van der Waals surface area contributed by atoms with Crippen molar-refractivity contribution in [3.8, 4) is 11.5 Å². The van der Waals surface area contributed by atoms with Crippen molar-refractivity contribution in [3.63, 3.8) is 0 Å². The third kappa shape index (κ3) is 4.45. The Kier molecular flexibility index (Phi) is 5.05. The van der Waals surface area contributed by atoms with E-state index in [0.717, 1.165) is 11.5 Å². The molecule has 4 nitrogen and oxygen atoms in total. The fourth-order valence-electron chi connectivity index (χ4n) is 1.29. The van der Waals surface area contributed by atoms with Gasteiger partial charge in [0.05, 0.1) is 0 Å². The zero-order valence-corrected chi connectivity index (χ0v) is 9.82. The van der Waals surface area contributed by atoms with Crippen LogP contribution in [0.2, 0.25) is 0 Å². The molecule has 18 heavy (non-hydrogen) atoms. The van der Waals surface area contributed by atoms with Gasteiger partial charge in [0, 0.05) is 0 Å². The summed E-state index contributed by atoms with van der Waals surface area (Å²) in [7, 11) is 0. The summed E-state index contributed by atoms with van der Waals surface area (Å²) in [5.41, 5.74) is 0. The van der Waals surface area contributed by atoms with Crippen molar-refractivity contribution in [2.45, 2.75) is 0 Å². The second-order valence-electron chi connectivity index (χ2n) is 3.39. The summed E-state index contributed by atoms with van der Waals surface area (Å²) < 4.78 is 10.5. The minimum absolute atomic E-state index is 0.0160. The average molecular weight is 246 g/mol. The van der Waals surface area contributed by atoms with Crippen LogP contribution in [0.5, 0.6) is 11.5 Å². The van der Waals surface area contributed by atoms with E-state index in [9.17, 15) is 0 Å². The van der Waals surface area contributed by atoms with Crippen LogP contribution in [-0.2, 0) is 9.78 Å². The molecule has 0 amide bonds. The first-order valence-electron chi connectivity index (χ1n) is 5.55. The van der Waals surface area contributed by atoms with Crippen LogP contribution < -0.4 is 9.47 Å². The molecule has 0 atom stereocenters. The molecule has 0 heterocycles. The monoisotopic (exact) mass is 246 g/mol. The number of hydrogen-bond acceptors (Lipinski definition) is 4. The molecule has 0 aromatic heterocycles. The fourth-order valence-corrected chi connectivity index (χ4v) is 1.29. The Labute approximate surface area is 106 Å². The van der Waals surface area contributed by atoms with Gasteiger partial charge < -0.3 is 9.47 Å². The first kappa shape index (κ1) is 12.4. The lowest BCUT2D eigenvalue weighted by atomic mass is 10.3. The molecular weight excluding hydrogens is 232 g/mol. The molecule has 0 unspecified atom stereocenters. The molecule has 0 aliphatic heterocycles. The quantitative estimate of drug-likeness (QED) is 0.326. The molecule has 0 saturated carbocycles. The summed E-state index contributed by atoms with van der Waals surface area (Å²) in [4.78, 5) is 9.62. The molecule has 4 heteroatoms. The molecule has 0 radical (unpaired) electrons. The first-order chi connectivity index (χ1) is 8.95. The molecule has 0 aliphatic carbocycles.